The summed E-state index contributed by atoms with van der Waals surface area (Å²) in [5.41, 5.74) is 1.08. The molecule has 2 aliphatic heterocycles. The zero-order valence-electron chi connectivity index (χ0n) is 18.5. The molecule has 0 spiro atoms. The Hall–Kier alpha value is -2.35. The van der Waals surface area contributed by atoms with E-state index in [1.807, 2.05) is 12.1 Å². The lowest BCUT2D eigenvalue weighted by Gasteiger charge is -2.34. The van der Waals surface area contributed by atoms with Crippen molar-refractivity contribution in [1.29, 1.82) is 0 Å². The Labute approximate surface area is 185 Å². The molecule has 1 aromatic carbocycles. The molecule has 0 bridgehead atoms. The number of aromatic nitrogens is 2. The SMILES string of the molecule is CCS(=O)(=O)c1ccc(N2CCC(Nc3cc(N4CCCC(C)C4)ncn3)CC2)cc1. The van der Waals surface area contributed by atoms with Crippen LogP contribution in [0.5, 0.6) is 0 Å². The van der Waals surface area contributed by atoms with E-state index in [9.17, 15) is 8.42 Å². The van der Waals surface area contributed by atoms with Crippen LogP contribution in [0.2, 0.25) is 0 Å². The first-order valence-electron chi connectivity index (χ1n) is 11.4. The average molecular weight is 444 g/mol. The van der Waals surface area contributed by atoms with Crippen LogP contribution in [0.4, 0.5) is 17.3 Å². The minimum absolute atomic E-state index is 0.130. The van der Waals surface area contributed by atoms with Crippen molar-refractivity contribution in [3.05, 3.63) is 36.7 Å². The largest absolute Gasteiger partial charge is 0.371 e. The second-order valence-corrected chi connectivity index (χ2v) is 11.0. The molecule has 4 rings (SSSR count). The zero-order chi connectivity index (χ0) is 21.8. The normalized spacial score (nSPS) is 20.6. The molecule has 31 heavy (non-hydrogen) atoms. The molecule has 1 N–H and O–H groups in total. The lowest BCUT2D eigenvalue weighted by molar-refractivity contribution is 0.444. The maximum Gasteiger partial charge on any atom is 0.178 e. The molecule has 7 nitrogen and oxygen atoms in total. The first-order valence-corrected chi connectivity index (χ1v) is 13.0. The predicted molar refractivity (Wildman–Crippen MR) is 126 cm³/mol. The lowest BCUT2D eigenvalue weighted by Crippen LogP contribution is -2.39. The Morgan fingerprint density at radius 1 is 1.03 bits per heavy atom. The summed E-state index contributed by atoms with van der Waals surface area (Å²) in [5.74, 6) is 2.75. The van der Waals surface area contributed by atoms with Gasteiger partial charge < -0.3 is 15.1 Å². The predicted octanol–water partition coefficient (Wildman–Crippen LogP) is 3.59. The van der Waals surface area contributed by atoms with Gasteiger partial charge in [0.25, 0.3) is 0 Å². The fraction of sp³-hybridized carbons (Fsp3) is 0.565. The van der Waals surface area contributed by atoms with Gasteiger partial charge in [-0.1, -0.05) is 13.8 Å². The average Bonchev–Trinajstić information content (AvgIpc) is 2.80. The van der Waals surface area contributed by atoms with Gasteiger partial charge in [-0.25, -0.2) is 18.4 Å². The molecule has 0 aliphatic carbocycles. The van der Waals surface area contributed by atoms with Crippen LogP contribution in [0.25, 0.3) is 0 Å². The highest BCUT2D eigenvalue weighted by atomic mass is 32.2. The number of benzene rings is 1. The smallest absolute Gasteiger partial charge is 0.178 e. The molecular weight excluding hydrogens is 410 g/mol. The van der Waals surface area contributed by atoms with Crippen molar-refractivity contribution >= 4 is 27.2 Å². The van der Waals surface area contributed by atoms with Gasteiger partial charge in [0.2, 0.25) is 0 Å². The van der Waals surface area contributed by atoms with Crippen LogP contribution in [-0.4, -0.2) is 56.4 Å². The van der Waals surface area contributed by atoms with Crippen molar-refractivity contribution in [2.75, 3.05) is 47.0 Å². The van der Waals surface area contributed by atoms with Crippen LogP contribution in [-0.2, 0) is 9.84 Å². The molecule has 1 atom stereocenters. The minimum atomic E-state index is -3.15. The molecule has 2 aromatic rings. The minimum Gasteiger partial charge on any atom is -0.371 e. The maximum atomic E-state index is 12.0. The Morgan fingerprint density at radius 3 is 2.45 bits per heavy atom. The third kappa shape index (κ3) is 5.29. The van der Waals surface area contributed by atoms with Gasteiger partial charge in [-0.15, -0.1) is 0 Å². The third-order valence-corrected chi connectivity index (χ3v) is 8.17. The number of rotatable bonds is 6. The molecule has 3 heterocycles. The number of hydrogen-bond acceptors (Lipinski definition) is 7. The van der Waals surface area contributed by atoms with Crippen LogP contribution in [0.3, 0.4) is 0 Å². The molecule has 8 heteroatoms. The van der Waals surface area contributed by atoms with E-state index in [1.54, 1.807) is 25.4 Å². The molecular formula is C23H33N5O2S. The van der Waals surface area contributed by atoms with Gasteiger partial charge in [0, 0.05) is 44.0 Å². The summed E-state index contributed by atoms with van der Waals surface area (Å²) in [6.07, 6.45) is 6.20. The lowest BCUT2D eigenvalue weighted by atomic mass is 10.0. The summed E-state index contributed by atoms with van der Waals surface area (Å²) >= 11 is 0. The first-order chi connectivity index (χ1) is 14.9. The van der Waals surface area contributed by atoms with E-state index >= 15 is 0 Å². The number of anilines is 3. The van der Waals surface area contributed by atoms with E-state index in [0.717, 1.165) is 56.3 Å². The standard InChI is InChI=1S/C23H33N5O2S/c1-3-31(29,30)21-8-6-20(7-9-21)27-13-10-19(11-14-27)26-22-15-23(25-17-24-22)28-12-4-5-18(2)16-28/h6-9,15,17-19H,3-5,10-14,16H2,1-2H3,(H,24,25,26). The Morgan fingerprint density at radius 2 is 1.77 bits per heavy atom. The van der Waals surface area contributed by atoms with Gasteiger partial charge >= 0.3 is 0 Å². The quantitative estimate of drug-likeness (QED) is 0.731. The van der Waals surface area contributed by atoms with E-state index in [1.165, 1.54) is 12.8 Å². The van der Waals surface area contributed by atoms with E-state index in [-0.39, 0.29) is 5.75 Å². The summed E-state index contributed by atoms with van der Waals surface area (Å²) in [6.45, 7) is 7.97. The van der Waals surface area contributed by atoms with Crippen molar-refractivity contribution in [1.82, 2.24) is 9.97 Å². The summed E-state index contributed by atoms with van der Waals surface area (Å²) in [5, 5.41) is 3.60. The Bertz CT molecular complexity index is 972. The second kappa shape index (κ2) is 9.42. The topological polar surface area (TPSA) is 78.4 Å². The van der Waals surface area contributed by atoms with Gasteiger partial charge in [-0.2, -0.15) is 0 Å². The zero-order valence-corrected chi connectivity index (χ0v) is 19.3. The molecule has 0 radical (unpaired) electrons. The van der Waals surface area contributed by atoms with Crippen LogP contribution in [0, 0.1) is 5.92 Å². The number of nitrogens with zero attached hydrogens (tertiary/aromatic N) is 4. The number of hydrogen-bond donors (Lipinski definition) is 1. The monoisotopic (exact) mass is 443 g/mol. The van der Waals surface area contributed by atoms with Gasteiger partial charge in [-0.3, -0.25) is 0 Å². The molecule has 2 aliphatic rings. The summed E-state index contributed by atoms with van der Waals surface area (Å²) < 4.78 is 24.0. The molecule has 1 aromatic heterocycles. The molecule has 2 fully saturated rings. The van der Waals surface area contributed by atoms with Crippen molar-refractivity contribution in [3.8, 4) is 0 Å². The Kier molecular flexibility index (Phi) is 6.65. The fourth-order valence-corrected chi connectivity index (χ4v) is 5.40. The highest BCUT2D eigenvalue weighted by molar-refractivity contribution is 7.91. The van der Waals surface area contributed by atoms with E-state index < -0.39 is 9.84 Å². The fourth-order valence-electron chi connectivity index (χ4n) is 4.52. The van der Waals surface area contributed by atoms with Gasteiger partial charge in [0.1, 0.15) is 18.0 Å². The van der Waals surface area contributed by atoms with Crippen molar-refractivity contribution < 1.29 is 8.42 Å². The number of nitrogens with one attached hydrogen (secondary N) is 1. The van der Waals surface area contributed by atoms with Crippen molar-refractivity contribution in [3.63, 3.8) is 0 Å². The van der Waals surface area contributed by atoms with E-state index in [0.29, 0.717) is 16.9 Å². The first kappa shape index (κ1) is 21.9. The number of piperidine rings is 2. The summed E-state index contributed by atoms with van der Waals surface area (Å²) in [7, 11) is -3.15. The highest BCUT2D eigenvalue weighted by Crippen LogP contribution is 2.25. The molecule has 0 amide bonds. The van der Waals surface area contributed by atoms with Crippen LogP contribution in [0.15, 0.2) is 41.6 Å². The summed E-state index contributed by atoms with van der Waals surface area (Å²) in [6, 6.07) is 9.75. The van der Waals surface area contributed by atoms with Crippen molar-refractivity contribution in [2.45, 2.75) is 50.5 Å². The molecule has 1 unspecified atom stereocenters. The van der Waals surface area contributed by atoms with E-state index in [2.05, 4.69) is 38.1 Å². The van der Waals surface area contributed by atoms with Crippen LogP contribution < -0.4 is 15.1 Å². The summed E-state index contributed by atoms with van der Waals surface area (Å²) in [4.78, 5) is 14.0. The molecule has 2 saturated heterocycles. The number of sulfone groups is 1. The van der Waals surface area contributed by atoms with E-state index in [4.69, 9.17) is 0 Å². The van der Waals surface area contributed by atoms with Gasteiger partial charge in [-0.05, 0) is 55.9 Å². The van der Waals surface area contributed by atoms with Crippen LogP contribution in [0.1, 0.15) is 39.5 Å². The van der Waals surface area contributed by atoms with Gasteiger partial charge in [0.05, 0.1) is 10.6 Å². The highest BCUT2D eigenvalue weighted by Gasteiger charge is 2.22. The third-order valence-electron chi connectivity index (χ3n) is 6.42. The van der Waals surface area contributed by atoms with Gasteiger partial charge in [0.15, 0.2) is 9.84 Å². The van der Waals surface area contributed by atoms with Crippen LogP contribution >= 0.6 is 0 Å². The Balaban J connectivity index is 1.33. The van der Waals surface area contributed by atoms with Crippen molar-refractivity contribution in [2.24, 2.45) is 5.92 Å². The second-order valence-electron chi connectivity index (χ2n) is 8.76. The molecule has 0 saturated carbocycles. The maximum absolute atomic E-state index is 12.0. The molecule has 168 valence electrons.